The van der Waals surface area contributed by atoms with E-state index in [-0.39, 0.29) is 4.90 Å². The van der Waals surface area contributed by atoms with Gasteiger partial charge in [0.25, 0.3) is 15.9 Å². The average molecular weight is 595 g/mol. The SMILES string of the molecule is COc1cc(/C=N\NC(=O)CN(c2ccc(Cl)cc2C)S(=O)(=O)c2ccc(C)cc2)cc(Br)c1OC. The Morgan fingerprint density at radius 3 is 2.39 bits per heavy atom. The summed E-state index contributed by atoms with van der Waals surface area (Å²) >= 11 is 9.47. The summed E-state index contributed by atoms with van der Waals surface area (Å²) in [5, 5.41) is 4.44. The van der Waals surface area contributed by atoms with E-state index in [0.29, 0.717) is 37.8 Å². The van der Waals surface area contributed by atoms with E-state index in [4.69, 9.17) is 21.1 Å². The van der Waals surface area contributed by atoms with Crippen molar-refractivity contribution in [1.29, 1.82) is 0 Å². The van der Waals surface area contributed by atoms with Gasteiger partial charge < -0.3 is 9.47 Å². The van der Waals surface area contributed by atoms with Crippen molar-refractivity contribution in [3.05, 3.63) is 80.8 Å². The minimum Gasteiger partial charge on any atom is -0.493 e. The molecule has 0 aliphatic rings. The van der Waals surface area contributed by atoms with E-state index in [1.54, 1.807) is 49.4 Å². The average Bonchev–Trinajstić information content (AvgIpc) is 2.83. The van der Waals surface area contributed by atoms with Gasteiger partial charge in [0.2, 0.25) is 0 Å². The van der Waals surface area contributed by atoms with Crippen molar-refractivity contribution in [2.24, 2.45) is 5.10 Å². The third kappa shape index (κ3) is 6.37. The first-order valence-electron chi connectivity index (χ1n) is 10.7. The van der Waals surface area contributed by atoms with Crippen LogP contribution in [-0.2, 0) is 14.8 Å². The standard InChI is InChI=1S/C25H25BrClN3O5S/c1-16-5-8-20(9-6-16)36(32,33)30(22-10-7-19(27)11-17(22)2)15-24(31)29-28-14-18-12-21(26)25(35-4)23(13-18)34-3/h5-14H,15H2,1-4H3,(H,29,31)/b28-14-. The number of hydrogen-bond donors (Lipinski definition) is 1. The quantitative estimate of drug-likeness (QED) is 0.275. The topological polar surface area (TPSA) is 97.3 Å². The number of ether oxygens (including phenoxy) is 2. The first-order chi connectivity index (χ1) is 17.1. The number of benzene rings is 3. The molecule has 11 heteroatoms. The van der Waals surface area contributed by atoms with E-state index < -0.39 is 22.5 Å². The predicted molar refractivity (Wildman–Crippen MR) is 145 cm³/mol. The normalized spacial score (nSPS) is 11.4. The molecule has 0 fully saturated rings. The van der Waals surface area contributed by atoms with Crippen LogP contribution >= 0.6 is 27.5 Å². The fourth-order valence-corrected chi connectivity index (χ4v) is 5.73. The lowest BCUT2D eigenvalue weighted by Gasteiger charge is -2.25. The summed E-state index contributed by atoms with van der Waals surface area (Å²) in [7, 11) is -1.03. The Kier molecular flexibility index (Phi) is 8.99. The van der Waals surface area contributed by atoms with Crippen molar-refractivity contribution < 1.29 is 22.7 Å². The molecule has 0 aromatic heterocycles. The number of amides is 1. The molecule has 1 N–H and O–H groups in total. The first-order valence-corrected chi connectivity index (χ1v) is 13.3. The highest BCUT2D eigenvalue weighted by atomic mass is 79.9. The van der Waals surface area contributed by atoms with Gasteiger partial charge in [-0.05, 0) is 83.4 Å². The maximum atomic E-state index is 13.5. The van der Waals surface area contributed by atoms with E-state index in [1.807, 2.05) is 6.92 Å². The second-order valence-corrected chi connectivity index (χ2v) is 10.9. The lowest BCUT2D eigenvalue weighted by molar-refractivity contribution is -0.119. The number of nitrogens with one attached hydrogen (secondary N) is 1. The predicted octanol–water partition coefficient (Wildman–Crippen LogP) is 5.08. The molecule has 0 bridgehead atoms. The van der Waals surface area contributed by atoms with Gasteiger partial charge in [0, 0.05) is 5.02 Å². The zero-order chi connectivity index (χ0) is 26.5. The van der Waals surface area contributed by atoms with Crippen LogP contribution < -0.4 is 19.2 Å². The number of sulfonamides is 1. The second-order valence-electron chi connectivity index (χ2n) is 7.79. The molecular formula is C25H25BrClN3O5S. The van der Waals surface area contributed by atoms with Gasteiger partial charge in [0.15, 0.2) is 11.5 Å². The number of hydrogen-bond acceptors (Lipinski definition) is 6. The van der Waals surface area contributed by atoms with Gasteiger partial charge in [-0.15, -0.1) is 0 Å². The third-order valence-corrected chi connectivity index (χ3v) is 7.78. The summed E-state index contributed by atoms with van der Waals surface area (Å²) in [6.45, 7) is 3.09. The zero-order valence-corrected chi connectivity index (χ0v) is 23.2. The first kappa shape index (κ1) is 27.5. The molecule has 0 aliphatic heterocycles. The smallest absolute Gasteiger partial charge is 0.264 e. The Morgan fingerprint density at radius 2 is 1.78 bits per heavy atom. The lowest BCUT2D eigenvalue weighted by Crippen LogP contribution is -2.40. The molecule has 0 aliphatic carbocycles. The van der Waals surface area contributed by atoms with Crippen molar-refractivity contribution in [3.63, 3.8) is 0 Å². The molecular weight excluding hydrogens is 570 g/mol. The molecule has 3 aromatic carbocycles. The van der Waals surface area contributed by atoms with E-state index >= 15 is 0 Å². The summed E-state index contributed by atoms with van der Waals surface area (Å²) in [4.78, 5) is 12.9. The Morgan fingerprint density at radius 1 is 1.08 bits per heavy atom. The van der Waals surface area contributed by atoms with E-state index in [1.165, 1.54) is 32.6 Å². The van der Waals surface area contributed by atoms with E-state index in [9.17, 15) is 13.2 Å². The minimum absolute atomic E-state index is 0.0638. The monoisotopic (exact) mass is 593 g/mol. The van der Waals surface area contributed by atoms with Crippen LogP contribution in [0.1, 0.15) is 16.7 Å². The Labute approximate surface area is 224 Å². The second kappa shape index (κ2) is 11.8. The van der Waals surface area contributed by atoms with Crippen molar-refractivity contribution in [1.82, 2.24) is 5.43 Å². The van der Waals surface area contributed by atoms with Crippen molar-refractivity contribution in [2.75, 3.05) is 25.1 Å². The molecule has 3 aromatic rings. The zero-order valence-electron chi connectivity index (χ0n) is 20.1. The number of carbonyl (C=O) groups excluding carboxylic acids is 1. The number of anilines is 1. The van der Waals surface area contributed by atoms with Crippen LogP contribution in [0.15, 0.2) is 69.1 Å². The summed E-state index contributed by atoms with van der Waals surface area (Å²) in [6, 6.07) is 14.6. The van der Waals surface area contributed by atoms with Crippen LogP contribution in [0.3, 0.4) is 0 Å². The summed E-state index contributed by atoms with van der Waals surface area (Å²) in [5.41, 5.74) is 4.87. The van der Waals surface area contributed by atoms with Crippen molar-refractivity contribution in [2.45, 2.75) is 18.7 Å². The third-order valence-electron chi connectivity index (χ3n) is 5.18. The number of methoxy groups -OCH3 is 2. The molecule has 1 amide bonds. The van der Waals surface area contributed by atoms with Crippen LogP contribution in [0.5, 0.6) is 11.5 Å². The number of hydrazone groups is 1. The maximum absolute atomic E-state index is 13.5. The molecule has 0 saturated heterocycles. The molecule has 36 heavy (non-hydrogen) atoms. The fourth-order valence-electron chi connectivity index (χ4n) is 3.39. The van der Waals surface area contributed by atoms with Gasteiger partial charge in [-0.3, -0.25) is 9.10 Å². The number of rotatable bonds is 9. The van der Waals surface area contributed by atoms with Gasteiger partial charge in [0.05, 0.1) is 35.5 Å². The molecule has 0 spiro atoms. The molecule has 0 radical (unpaired) electrons. The number of carbonyl (C=O) groups is 1. The Bertz CT molecular complexity index is 1400. The van der Waals surface area contributed by atoms with Crippen LogP contribution in [0.4, 0.5) is 5.69 Å². The Balaban J connectivity index is 1.87. The molecule has 3 rings (SSSR count). The van der Waals surface area contributed by atoms with Gasteiger partial charge in [-0.25, -0.2) is 13.8 Å². The molecule has 190 valence electrons. The van der Waals surface area contributed by atoms with Crippen molar-refractivity contribution >= 4 is 55.4 Å². The van der Waals surface area contributed by atoms with Gasteiger partial charge in [-0.2, -0.15) is 5.10 Å². The van der Waals surface area contributed by atoms with Crippen LogP contribution in [-0.4, -0.2) is 41.3 Å². The van der Waals surface area contributed by atoms with Crippen molar-refractivity contribution in [3.8, 4) is 11.5 Å². The summed E-state index contributed by atoms with van der Waals surface area (Å²) in [5.74, 6) is 0.373. The van der Waals surface area contributed by atoms with Gasteiger partial charge in [0.1, 0.15) is 6.54 Å². The summed E-state index contributed by atoms with van der Waals surface area (Å²) in [6.07, 6.45) is 1.41. The number of nitrogens with zero attached hydrogens (tertiary/aromatic N) is 2. The van der Waals surface area contributed by atoms with Gasteiger partial charge >= 0.3 is 0 Å². The number of halogens is 2. The molecule has 0 unspecified atom stereocenters. The minimum atomic E-state index is -4.06. The molecule has 0 heterocycles. The van der Waals surface area contributed by atoms with Crippen LogP contribution in [0.25, 0.3) is 0 Å². The van der Waals surface area contributed by atoms with Crippen LogP contribution in [0, 0.1) is 13.8 Å². The molecule has 0 saturated carbocycles. The molecule has 8 nitrogen and oxygen atoms in total. The highest BCUT2D eigenvalue weighted by Crippen LogP contribution is 2.35. The highest BCUT2D eigenvalue weighted by molar-refractivity contribution is 9.10. The fraction of sp³-hybridized carbons (Fsp3) is 0.200. The lowest BCUT2D eigenvalue weighted by atomic mass is 10.2. The number of aryl methyl sites for hydroxylation is 2. The molecule has 0 atom stereocenters. The summed E-state index contributed by atoms with van der Waals surface area (Å²) < 4.78 is 39.3. The van der Waals surface area contributed by atoms with Crippen LogP contribution in [0.2, 0.25) is 5.02 Å². The highest BCUT2D eigenvalue weighted by Gasteiger charge is 2.28. The largest absolute Gasteiger partial charge is 0.493 e. The van der Waals surface area contributed by atoms with E-state index in [0.717, 1.165) is 9.87 Å². The maximum Gasteiger partial charge on any atom is 0.264 e. The Hall–Kier alpha value is -3.08. The van der Waals surface area contributed by atoms with E-state index in [2.05, 4.69) is 26.5 Å². The van der Waals surface area contributed by atoms with Gasteiger partial charge in [-0.1, -0.05) is 29.3 Å².